The summed E-state index contributed by atoms with van der Waals surface area (Å²) >= 11 is 0. The molecular weight excluding hydrogens is 244 g/mol. The van der Waals surface area contributed by atoms with Crippen molar-refractivity contribution in [2.45, 2.75) is 39.2 Å². The van der Waals surface area contributed by atoms with Gasteiger partial charge in [-0.1, -0.05) is 13.8 Å². The molecule has 0 saturated heterocycles. The number of hydrogen-bond acceptors (Lipinski definition) is 4. The summed E-state index contributed by atoms with van der Waals surface area (Å²) in [7, 11) is 0. The van der Waals surface area contributed by atoms with Crippen molar-refractivity contribution in [3.05, 3.63) is 24.0 Å². The Hall–Kier alpha value is -1.62. The predicted octanol–water partition coefficient (Wildman–Crippen LogP) is 1.76. The van der Waals surface area contributed by atoms with Crippen LogP contribution in [0.15, 0.2) is 18.3 Å². The molecule has 0 fully saturated rings. The van der Waals surface area contributed by atoms with Gasteiger partial charge in [0.05, 0.1) is 12.2 Å². The van der Waals surface area contributed by atoms with Crippen LogP contribution in [-0.4, -0.2) is 34.8 Å². The molecule has 0 radical (unpaired) electrons. The molecule has 1 rings (SSSR count). The van der Waals surface area contributed by atoms with Crippen molar-refractivity contribution in [2.24, 2.45) is 0 Å². The third-order valence-electron chi connectivity index (χ3n) is 3.18. The van der Waals surface area contributed by atoms with E-state index in [9.17, 15) is 9.90 Å². The summed E-state index contributed by atoms with van der Waals surface area (Å²) in [4.78, 5) is 16.1. The fourth-order valence-electron chi connectivity index (χ4n) is 1.66. The minimum atomic E-state index is -0.865. The van der Waals surface area contributed by atoms with Crippen LogP contribution in [0, 0.1) is 0 Å². The number of ether oxygens (including phenoxy) is 1. The maximum atomic E-state index is 12.1. The largest absolute Gasteiger partial charge is 0.491 e. The van der Waals surface area contributed by atoms with Gasteiger partial charge in [0, 0.05) is 12.7 Å². The lowest BCUT2D eigenvalue weighted by atomic mass is 9.97. The van der Waals surface area contributed by atoms with Gasteiger partial charge in [0.15, 0.2) is 11.4 Å². The lowest BCUT2D eigenvalue weighted by molar-refractivity contribution is 0.0312. The van der Waals surface area contributed by atoms with E-state index in [1.807, 2.05) is 20.8 Å². The lowest BCUT2D eigenvalue weighted by Crippen LogP contribution is -2.42. The van der Waals surface area contributed by atoms with E-state index < -0.39 is 5.60 Å². The van der Waals surface area contributed by atoms with E-state index in [1.165, 1.54) is 0 Å². The fourth-order valence-corrected chi connectivity index (χ4v) is 1.66. The SMILES string of the molecule is CCOc1cccnc1C(=O)NCC(O)(CC)CC. The van der Waals surface area contributed by atoms with Crippen LogP contribution in [0.1, 0.15) is 44.1 Å². The molecule has 0 aromatic carbocycles. The standard InChI is InChI=1S/C14H22N2O3/c1-4-14(18,5-2)10-16-13(17)12-11(19-6-3)8-7-9-15-12/h7-9,18H,4-6,10H2,1-3H3,(H,16,17). The number of carbonyl (C=O) groups is 1. The van der Waals surface area contributed by atoms with Crippen LogP contribution >= 0.6 is 0 Å². The molecule has 0 unspecified atom stereocenters. The zero-order valence-electron chi connectivity index (χ0n) is 11.8. The van der Waals surface area contributed by atoms with Gasteiger partial charge in [-0.05, 0) is 31.9 Å². The van der Waals surface area contributed by atoms with Gasteiger partial charge in [-0.25, -0.2) is 4.98 Å². The number of aliphatic hydroxyl groups is 1. The highest BCUT2D eigenvalue weighted by atomic mass is 16.5. The molecule has 0 atom stereocenters. The lowest BCUT2D eigenvalue weighted by Gasteiger charge is -2.25. The minimum absolute atomic E-state index is 0.209. The molecule has 0 aliphatic rings. The highest BCUT2D eigenvalue weighted by Gasteiger charge is 2.24. The number of carbonyl (C=O) groups excluding carboxylic acids is 1. The van der Waals surface area contributed by atoms with Crippen molar-refractivity contribution >= 4 is 5.91 Å². The molecule has 1 amide bonds. The molecule has 0 aliphatic heterocycles. The maximum absolute atomic E-state index is 12.1. The van der Waals surface area contributed by atoms with Crippen LogP contribution in [-0.2, 0) is 0 Å². The summed E-state index contributed by atoms with van der Waals surface area (Å²) < 4.78 is 5.36. The van der Waals surface area contributed by atoms with E-state index in [2.05, 4.69) is 10.3 Å². The Balaban J connectivity index is 2.73. The Morgan fingerprint density at radius 1 is 1.42 bits per heavy atom. The minimum Gasteiger partial charge on any atom is -0.491 e. The van der Waals surface area contributed by atoms with Gasteiger partial charge in [0.25, 0.3) is 5.91 Å². The second-order valence-corrected chi connectivity index (χ2v) is 4.40. The average Bonchev–Trinajstić information content (AvgIpc) is 2.45. The molecule has 1 aromatic heterocycles. The van der Waals surface area contributed by atoms with Crippen molar-refractivity contribution in [1.82, 2.24) is 10.3 Å². The summed E-state index contributed by atoms with van der Waals surface area (Å²) in [6.45, 7) is 6.31. The smallest absolute Gasteiger partial charge is 0.273 e. The molecule has 19 heavy (non-hydrogen) atoms. The Labute approximate surface area is 114 Å². The normalized spacial score (nSPS) is 11.2. The van der Waals surface area contributed by atoms with E-state index in [0.29, 0.717) is 25.2 Å². The van der Waals surface area contributed by atoms with Gasteiger partial charge < -0.3 is 15.2 Å². The Morgan fingerprint density at radius 2 is 2.11 bits per heavy atom. The van der Waals surface area contributed by atoms with Gasteiger partial charge >= 0.3 is 0 Å². The molecule has 1 heterocycles. The first kappa shape index (κ1) is 15.4. The van der Waals surface area contributed by atoms with Crippen molar-refractivity contribution < 1.29 is 14.6 Å². The van der Waals surface area contributed by atoms with Crippen LogP contribution in [0.2, 0.25) is 0 Å². The Kier molecular flexibility index (Phi) is 5.76. The number of aromatic nitrogens is 1. The quantitative estimate of drug-likeness (QED) is 0.789. The summed E-state index contributed by atoms with van der Waals surface area (Å²) in [5.41, 5.74) is -0.616. The second kappa shape index (κ2) is 7.09. The first-order valence-corrected chi connectivity index (χ1v) is 6.64. The van der Waals surface area contributed by atoms with E-state index in [1.54, 1.807) is 18.3 Å². The molecule has 106 valence electrons. The fraction of sp³-hybridized carbons (Fsp3) is 0.571. The number of pyridine rings is 1. The van der Waals surface area contributed by atoms with E-state index in [-0.39, 0.29) is 18.1 Å². The second-order valence-electron chi connectivity index (χ2n) is 4.40. The molecule has 0 spiro atoms. The number of hydrogen-bond donors (Lipinski definition) is 2. The van der Waals surface area contributed by atoms with Crippen molar-refractivity contribution in [3.8, 4) is 5.75 Å². The molecule has 2 N–H and O–H groups in total. The van der Waals surface area contributed by atoms with Crippen LogP contribution in [0.25, 0.3) is 0 Å². The van der Waals surface area contributed by atoms with Crippen molar-refractivity contribution in [2.75, 3.05) is 13.2 Å². The van der Waals surface area contributed by atoms with Gasteiger partial charge in [0.2, 0.25) is 0 Å². The van der Waals surface area contributed by atoms with E-state index in [4.69, 9.17) is 4.74 Å². The molecule has 0 aliphatic carbocycles. The predicted molar refractivity (Wildman–Crippen MR) is 73.3 cm³/mol. The molecule has 1 aromatic rings. The van der Waals surface area contributed by atoms with Gasteiger partial charge in [0.1, 0.15) is 0 Å². The van der Waals surface area contributed by atoms with Gasteiger partial charge in [-0.3, -0.25) is 4.79 Å². The van der Waals surface area contributed by atoms with Gasteiger partial charge in [-0.2, -0.15) is 0 Å². The first-order valence-electron chi connectivity index (χ1n) is 6.64. The van der Waals surface area contributed by atoms with Crippen molar-refractivity contribution in [3.63, 3.8) is 0 Å². The van der Waals surface area contributed by atoms with Crippen molar-refractivity contribution in [1.29, 1.82) is 0 Å². The monoisotopic (exact) mass is 266 g/mol. The zero-order valence-corrected chi connectivity index (χ0v) is 11.8. The molecule has 5 nitrogen and oxygen atoms in total. The molecule has 0 saturated carbocycles. The molecular formula is C14H22N2O3. The van der Waals surface area contributed by atoms with E-state index in [0.717, 1.165) is 0 Å². The van der Waals surface area contributed by atoms with Gasteiger partial charge in [-0.15, -0.1) is 0 Å². The first-order chi connectivity index (χ1) is 9.06. The highest BCUT2D eigenvalue weighted by molar-refractivity contribution is 5.94. The topological polar surface area (TPSA) is 71.5 Å². The average molecular weight is 266 g/mol. The van der Waals surface area contributed by atoms with Crippen LogP contribution in [0.5, 0.6) is 5.75 Å². The Morgan fingerprint density at radius 3 is 2.68 bits per heavy atom. The van der Waals surface area contributed by atoms with E-state index >= 15 is 0 Å². The summed E-state index contributed by atoms with van der Waals surface area (Å²) in [5.74, 6) is 0.128. The number of nitrogens with one attached hydrogen (secondary N) is 1. The molecule has 5 heteroatoms. The number of amides is 1. The van der Waals surface area contributed by atoms with Crippen LogP contribution in [0.4, 0.5) is 0 Å². The summed E-state index contributed by atoms with van der Waals surface area (Å²) in [6, 6.07) is 3.42. The summed E-state index contributed by atoms with van der Waals surface area (Å²) in [5, 5.41) is 12.8. The third kappa shape index (κ3) is 4.21. The summed E-state index contributed by atoms with van der Waals surface area (Å²) in [6.07, 6.45) is 2.72. The van der Waals surface area contributed by atoms with Crippen LogP contribution < -0.4 is 10.1 Å². The third-order valence-corrected chi connectivity index (χ3v) is 3.18. The maximum Gasteiger partial charge on any atom is 0.273 e. The number of nitrogens with zero attached hydrogens (tertiary/aromatic N) is 1. The Bertz CT molecular complexity index is 417. The van der Waals surface area contributed by atoms with Crippen LogP contribution in [0.3, 0.4) is 0 Å². The number of rotatable bonds is 7. The molecule has 0 bridgehead atoms. The highest BCUT2D eigenvalue weighted by Crippen LogP contribution is 2.16. The zero-order chi connectivity index (χ0) is 14.3.